The highest BCUT2D eigenvalue weighted by atomic mass is 35.5. The maximum Gasteiger partial charge on any atom is 0.289 e. The lowest BCUT2D eigenvalue weighted by Crippen LogP contribution is -2.50. The highest BCUT2D eigenvalue weighted by Crippen LogP contribution is 2.32. The number of para-hydroxylation sites is 1. The number of aliphatic hydroxyl groups is 1. The minimum Gasteiger partial charge on any atom is -0.451 e. The summed E-state index contributed by atoms with van der Waals surface area (Å²) in [7, 11) is 0. The number of amides is 1. The molecule has 1 atom stereocenters. The van der Waals surface area contributed by atoms with E-state index in [1.165, 1.54) is 6.07 Å². The van der Waals surface area contributed by atoms with Crippen molar-refractivity contribution >= 4 is 29.3 Å². The van der Waals surface area contributed by atoms with E-state index < -0.39 is 0 Å². The summed E-state index contributed by atoms with van der Waals surface area (Å²) in [6.45, 7) is 3.29. The van der Waals surface area contributed by atoms with Crippen LogP contribution >= 0.6 is 12.4 Å². The molecule has 0 bridgehead atoms. The fourth-order valence-electron chi connectivity index (χ4n) is 3.39. The fraction of sp³-hybridized carbons (Fsp3) is 0.474. The van der Waals surface area contributed by atoms with E-state index in [1.54, 1.807) is 29.2 Å². The zero-order chi connectivity index (χ0) is 17.4. The molecule has 140 valence electrons. The Bertz CT molecular complexity index is 841. The van der Waals surface area contributed by atoms with Crippen LogP contribution in [0.25, 0.3) is 11.0 Å². The second-order valence-corrected chi connectivity index (χ2v) is 6.97. The molecule has 7 heteroatoms. The van der Waals surface area contributed by atoms with Gasteiger partial charge in [-0.15, -0.1) is 12.4 Å². The number of benzene rings is 1. The summed E-state index contributed by atoms with van der Waals surface area (Å²) < 4.78 is 5.64. The van der Waals surface area contributed by atoms with Crippen LogP contribution in [0.5, 0.6) is 0 Å². The molecule has 1 N–H and O–H groups in total. The van der Waals surface area contributed by atoms with Crippen molar-refractivity contribution < 1.29 is 14.3 Å². The summed E-state index contributed by atoms with van der Waals surface area (Å²) in [6.07, 6.45) is 2.00. The van der Waals surface area contributed by atoms with Gasteiger partial charge in [0.1, 0.15) is 5.58 Å². The molecule has 4 rings (SSSR count). The van der Waals surface area contributed by atoms with Crippen LogP contribution in [-0.4, -0.2) is 59.6 Å². The Labute approximate surface area is 157 Å². The predicted molar refractivity (Wildman–Crippen MR) is 101 cm³/mol. The second-order valence-electron chi connectivity index (χ2n) is 6.97. The van der Waals surface area contributed by atoms with Gasteiger partial charge in [0, 0.05) is 38.8 Å². The normalized spacial score (nSPS) is 19.2. The van der Waals surface area contributed by atoms with Crippen molar-refractivity contribution in [2.24, 2.45) is 5.92 Å². The van der Waals surface area contributed by atoms with Gasteiger partial charge in [-0.1, -0.05) is 12.1 Å². The van der Waals surface area contributed by atoms with Crippen molar-refractivity contribution in [3.63, 3.8) is 0 Å². The number of β-amino-alcohol motifs (C(OH)–C–C–N with tert-alkyl or cyclic N) is 1. The van der Waals surface area contributed by atoms with Crippen LogP contribution in [0.15, 0.2) is 39.5 Å². The van der Waals surface area contributed by atoms with E-state index in [-0.39, 0.29) is 35.6 Å². The molecule has 26 heavy (non-hydrogen) atoms. The van der Waals surface area contributed by atoms with Crippen LogP contribution in [0.2, 0.25) is 0 Å². The highest BCUT2D eigenvalue weighted by molar-refractivity contribution is 5.93. The largest absolute Gasteiger partial charge is 0.451 e. The molecule has 2 heterocycles. The van der Waals surface area contributed by atoms with E-state index >= 15 is 0 Å². The van der Waals surface area contributed by atoms with Crippen LogP contribution in [0.4, 0.5) is 0 Å². The summed E-state index contributed by atoms with van der Waals surface area (Å²) in [5, 5.41) is 10.5. The zero-order valence-corrected chi connectivity index (χ0v) is 15.3. The molecule has 1 aliphatic heterocycles. The monoisotopic (exact) mass is 378 g/mol. The van der Waals surface area contributed by atoms with E-state index in [2.05, 4.69) is 4.90 Å². The number of hydrogen-bond acceptors (Lipinski definition) is 5. The molecule has 1 unspecified atom stereocenters. The lowest BCUT2D eigenvalue weighted by Gasteiger charge is -2.35. The van der Waals surface area contributed by atoms with Crippen molar-refractivity contribution in [2.45, 2.75) is 18.9 Å². The van der Waals surface area contributed by atoms with Gasteiger partial charge in [-0.25, -0.2) is 0 Å². The Morgan fingerprint density at radius 3 is 2.58 bits per heavy atom. The Morgan fingerprint density at radius 2 is 1.88 bits per heavy atom. The first-order valence-electron chi connectivity index (χ1n) is 8.84. The van der Waals surface area contributed by atoms with Gasteiger partial charge in [0.15, 0.2) is 11.2 Å². The summed E-state index contributed by atoms with van der Waals surface area (Å²) in [6, 6.07) is 8.23. The summed E-state index contributed by atoms with van der Waals surface area (Å²) in [4.78, 5) is 28.7. The van der Waals surface area contributed by atoms with E-state index in [0.717, 1.165) is 25.9 Å². The van der Waals surface area contributed by atoms with Gasteiger partial charge in [-0.2, -0.15) is 0 Å². The third kappa shape index (κ3) is 3.92. The average molecular weight is 379 g/mol. The maximum absolute atomic E-state index is 12.7. The molecular formula is C19H23ClN2O4. The molecule has 1 amide bonds. The smallest absolute Gasteiger partial charge is 0.289 e. The Balaban J connectivity index is 0.00000196. The quantitative estimate of drug-likeness (QED) is 0.877. The van der Waals surface area contributed by atoms with Crippen LogP contribution < -0.4 is 5.43 Å². The van der Waals surface area contributed by atoms with Gasteiger partial charge in [-0.3, -0.25) is 14.5 Å². The van der Waals surface area contributed by atoms with Crippen molar-refractivity contribution in [2.75, 3.05) is 32.7 Å². The molecule has 1 saturated heterocycles. The van der Waals surface area contributed by atoms with E-state index in [9.17, 15) is 14.7 Å². The molecule has 1 aromatic carbocycles. The molecule has 1 saturated carbocycles. The third-order valence-corrected chi connectivity index (χ3v) is 5.12. The highest BCUT2D eigenvalue weighted by Gasteiger charge is 2.32. The third-order valence-electron chi connectivity index (χ3n) is 5.12. The first-order valence-corrected chi connectivity index (χ1v) is 8.84. The number of hydrogen-bond donors (Lipinski definition) is 1. The first-order chi connectivity index (χ1) is 12.1. The Kier molecular flexibility index (Phi) is 5.65. The number of halogens is 1. The van der Waals surface area contributed by atoms with Crippen LogP contribution in [0.3, 0.4) is 0 Å². The summed E-state index contributed by atoms with van der Waals surface area (Å²) >= 11 is 0. The lowest BCUT2D eigenvalue weighted by molar-refractivity contribution is 0.0468. The number of fused-ring (bicyclic) bond motifs is 1. The van der Waals surface area contributed by atoms with Crippen LogP contribution in [-0.2, 0) is 0 Å². The van der Waals surface area contributed by atoms with E-state index in [4.69, 9.17) is 4.42 Å². The standard InChI is InChI=1S/C19H22N2O4.ClH/c22-15-11-18(25-17-4-2-1-3-14(15)17)19(24)21-9-7-20(8-10-21)12-16(23)13-5-6-13;/h1-4,11,13,16,23H,5-10,12H2;1H. The molecule has 1 aromatic heterocycles. The first kappa shape index (κ1) is 18.9. The lowest BCUT2D eigenvalue weighted by atomic mass is 10.2. The van der Waals surface area contributed by atoms with Gasteiger partial charge >= 0.3 is 0 Å². The maximum atomic E-state index is 12.7. The van der Waals surface area contributed by atoms with Crippen molar-refractivity contribution in [3.8, 4) is 0 Å². The van der Waals surface area contributed by atoms with Crippen LogP contribution in [0.1, 0.15) is 23.4 Å². The van der Waals surface area contributed by atoms with Crippen LogP contribution in [0, 0.1) is 5.92 Å². The fourth-order valence-corrected chi connectivity index (χ4v) is 3.39. The molecule has 0 spiro atoms. The minimum absolute atomic E-state index is 0. The number of piperazine rings is 1. The number of rotatable bonds is 4. The second kappa shape index (κ2) is 7.78. The van der Waals surface area contributed by atoms with Gasteiger partial charge in [-0.05, 0) is 30.9 Å². The predicted octanol–water partition coefficient (Wildman–Crippen LogP) is 1.74. The molecule has 0 radical (unpaired) electrons. The van der Waals surface area contributed by atoms with Crippen molar-refractivity contribution in [1.82, 2.24) is 9.80 Å². The van der Waals surface area contributed by atoms with E-state index in [1.807, 2.05) is 0 Å². The molecule has 6 nitrogen and oxygen atoms in total. The van der Waals surface area contributed by atoms with Gasteiger partial charge < -0.3 is 14.4 Å². The average Bonchev–Trinajstić information content (AvgIpc) is 3.47. The van der Waals surface area contributed by atoms with Gasteiger partial charge in [0.2, 0.25) is 0 Å². The molecular weight excluding hydrogens is 356 g/mol. The van der Waals surface area contributed by atoms with Gasteiger partial charge in [0.05, 0.1) is 11.5 Å². The number of carbonyl (C=O) groups excluding carboxylic acids is 1. The number of aliphatic hydroxyl groups excluding tert-OH is 1. The minimum atomic E-state index is -0.249. The van der Waals surface area contributed by atoms with E-state index in [0.29, 0.717) is 36.5 Å². The van der Waals surface area contributed by atoms with Crippen molar-refractivity contribution in [3.05, 3.63) is 46.3 Å². The zero-order valence-electron chi connectivity index (χ0n) is 14.5. The molecule has 2 fully saturated rings. The molecule has 2 aliphatic rings. The Morgan fingerprint density at radius 1 is 1.19 bits per heavy atom. The SMILES string of the molecule is Cl.O=C(c1cc(=O)c2ccccc2o1)N1CCN(CC(O)C2CC2)CC1. The number of carbonyl (C=O) groups is 1. The van der Waals surface area contributed by atoms with Gasteiger partial charge in [0.25, 0.3) is 5.91 Å². The number of nitrogens with zero attached hydrogens (tertiary/aromatic N) is 2. The topological polar surface area (TPSA) is 74.0 Å². The Hall–Kier alpha value is -1.89. The molecule has 1 aliphatic carbocycles. The molecule has 2 aromatic rings. The summed E-state index contributed by atoms with van der Waals surface area (Å²) in [5.74, 6) is 0.312. The van der Waals surface area contributed by atoms with Crippen molar-refractivity contribution in [1.29, 1.82) is 0 Å². The summed E-state index contributed by atoms with van der Waals surface area (Å²) in [5.41, 5.74) is 0.237.